The van der Waals surface area contributed by atoms with Crippen molar-refractivity contribution in [3.8, 4) is 5.75 Å². The van der Waals surface area contributed by atoms with Gasteiger partial charge in [0.15, 0.2) is 0 Å². The molecule has 3 aromatic rings. The largest absolute Gasteiger partial charge is 0.492 e. The quantitative estimate of drug-likeness (QED) is 0.395. The van der Waals surface area contributed by atoms with Crippen LogP contribution in [0.1, 0.15) is 42.6 Å². The molecule has 0 aliphatic carbocycles. The van der Waals surface area contributed by atoms with Crippen molar-refractivity contribution in [2.24, 2.45) is 0 Å². The van der Waals surface area contributed by atoms with E-state index in [9.17, 15) is 9.59 Å². The van der Waals surface area contributed by atoms with E-state index in [4.69, 9.17) is 9.47 Å². The van der Waals surface area contributed by atoms with Gasteiger partial charge in [0.1, 0.15) is 11.3 Å². The Morgan fingerprint density at radius 3 is 2.35 bits per heavy atom. The molecule has 0 heterocycles. The third-order valence-corrected chi connectivity index (χ3v) is 5.19. The maximum atomic E-state index is 13.0. The van der Waals surface area contributed by atoms with Crippen LogP contribution in [0.2, 0.25) is 0 Å². The van der Waals surface area contributed by atoms with Crippen molar-refractivity contribution < 1.29 is 19.1 Å². The number of fused-ring (bicyclic) bond motifs is 1. The summed E-state index contributed by atoms with van der Waals surface area (Å²) in [5.41, 5.74) is 0.557. The minimum absolute atomic E-state index is 0.375. The zero-order valence-corrected chi connectivity index (χ0v) is 18.3. The number of hydrogen-bond acceptors (Lipinski definition) is 4. The summed E-state index contributed by atoms with van der Waals surface area (Å²) < 4.78 is 10.9. The van der Waals surface area contributed by atoms with E-state index in [0.29, 0.717) is 17.9 Å². The van der Waals surface area contributed by atoms with E-state index >= 15 is 0 Å². The molecule has 0 saturated carbocycles. The third kappa shape index (κ3) is 5.63. The monoisotopic (exact) mass is 419 g/mol. The van der Waals surface area contributed by atoms with Gasteiger partial charge in [0, 0.05) is 5.39 Å². The highest BCUT2D eigenvalue weighted by molar-refractivity contribution is 6.05. The molecule has 0 unspecified atom stereocenters. The SMILES string of the molecule is COC(=O)C(C)(C)NC(=O)c1ccc2ccccc2c1OCCCCc1ccccc1. The molecule has 3 rings (SSSR count). The Labute approximate surface area is 183 Å². The highest BCUT2D eigenvalue weighted by Gasteiger charge is 2.32. The summed E-state index contributed by atoms with van der Waals surface area (Å²) in [6, 6.07) is 21.8. The van der Waals surface area contributed by atoms with Gasteiger partial charge in [0.25, 0.3) is 5.91 Å². The molecule has 162 valence electrons. The lowest BCUT2D eigenvalue weighted by molar-refractivity contribution is -0.146. The highest BCUT2D eigenvalue weighted by Crippen LogP contribution is 2.30. The van der Waals surface area contributed by atoms with Crippen LogP contribution >= 0.6 is 0 Å². The van der Waals surface area contributed by atoms with Gasteiger partial charge < -0.3 is 14.8 Å². The molecule has 0 fully saturated rings. The van der Waals surface area contributed by atoms with Crippen molar-refractivity contribution in [3.63, 3.8) is 0 Å². The average molecular weight is 420 g/mol. The first-order chi connectivity index (χ1) is 14.9. The first kappa shape index (κ1) is 22.3. The van der Waals surface area contributed by atoms with Crippen LogP contribution in [0.15, 0.2) is 66.7 Å². The molecular weight excluding hydrogens is 390 g/mol. The number of amides is 1. The standard InChI is InChI=1S/C26H29NO4/c1-26(2,25(29)30-3)27-24(28)22-17-16-20-14-7-8-15-21(20)23(22)31-18-10-9-13-19-11-5-4-6-12-19/h4-8,11-12,14-17H,9-10,13,18H2,1-3H3,(H,27,28). The van der Waals surface area contributed by atoms with Gasteiger partial charge in [0.05, 0.1) is 19.3 Å². The maximum Gasteiger partial charge on any atom is 0.330 e. The van der Waals surface area contributed by atoms with Crippen molar-refractivity contribution in [3.05, 3.63) is 77.9 Å². The molecule has 0 saturated heterocycles. The second-order valence-corrected chi connectivity index (χ2v) is 8.03. The molecule has 0 radical (unpaired) electrons. The van der Waals surface area contributed by atoms with E-state index in [1.165, 1.54) is 12.7 Å². The topological polar surface area (TPSA) is 64.6 Å². The molecule has 31 heavy (non-hydrogen) atoms. The molecule has 0 aromatic heterocycles. The van der Waals surface area contributed by atoms with Gasteiger partial charge in [-0.1, -0.05) is 60.7 Å². The number of benzene rings is 3. The lowest BCUT2D eigenvalue weighted by Gasteiger charge is -2.24. The number of aryl methyl sites for hydroxylation is 1. The van der Waals surface area contributed by atoms with E-state index in [0.717, 1.165) is 30.0 Å². The third-order valence-electron chi connectivity index (χ3n) is 5.19. The van der Waals surface area contributed by atoms with Crippen molar-refractivity contribution in [2.45, 2.75) is 38.6 Å². The summed E-state index contributed by atoms with van der Waals surface area (Å²) in [6.07, 6.45) is 2.85. The smallest absolute Gasteiger partial charge is 0.330 e. The lowest BCUT2D eigenvalue weighted by atomic mass is 10.0. The number of rotatable bonds is 9. The number of carbonyl (C=O) groups is 2. The molecule has 1 amide bonds. The number of methoxy groups -OCH3 is 1. The van der Waals surface area contributed by atoms with E-state index in [-0.39, 0.29) is 5.91 Å². The molecule has 0 aliphatic rings. The molecule has 5 heteroatoms. The summed E-state index contributed by atoms with van der Waals surface area (Å²) in [6.45, 7) is 3.73. The van der Waals surface area contributed by atoms with Crippen LogP contribution in [-0.4, -0.2) is 31.1 Å². The maximum absolute atomic E-state index is 13.0. The average Bonchev–Trinajstić information content (AvgIpc) is 2.78. The number of carbonyl (C=O) groups excluding carboxylic acids is 2. The fourth-order valence-electron chi connectivity index (χ4n) is 3.48. The van der Waals surface area contributed by atoms with Crippen LogP contribution in [-0.2, 0) is 16.0 Å². The Hall–Kier alpha value is -3.34. The van der Waals surface area contributed by atoms with Crippen molar-refractivity contribution in [1.29, 1.82) is 0 Å². The number of nitrogens with one attached hydrogen (secondary N) is 1. The number of unbranched alkanes of at least 4 members (excludes halogenated alkanes) is 1. The van der Waals surface area contributed by atoms with Crippen molar-refractivity contribution >= 4 is 22.6 Å². The zero-order valence-electron chi connectivity index (χ0n) is 18.3. The second kappa shape index (κ2) is 10.1. The van der Waals surface area contributed by atoms with Gasteiger partial charge >= 0.3 is 5.97 Å². The normalized spacial score (nSPS) is 11.2. The van der Waals surface area contributed by atoms with Gasteiger partial charge in [-0.05, 0) is 50.1 Å². The molecular formula is C26H29NO4. The molecule has 0 aliphatic heterocycles. The van der Waals surface area contributed by atoms with E-state index in [2.05, 4.69) is 17.4 Å². The predicted octanol–water partition coefficient (Wildman–Crippen LogP) is 4.92. The highest BCUT2D eigenvalue weighted by atomic mass is 16.5. The summed E-state index contributed by atoms with van der Waals surface area (Å²) in [5.74, 6) is -0.346. The molecule has 0 spiro atoms. The van der Waals surface area contributed by atoms with E-state index in [1.807, 2.05) is 48.5 Å². The van der Waals surface area contributed by atoms with Crippen molar-refractivity contribution in [1.82, 2.24) is 5.32 Å². The van der Waals surface area contributed by atoms with E-state index in [1.54, 1.807) is 19.9 Å². The van der Waals surface area contributed by atoms with Gasteiger partial charge in [-0.3, -0.25) is 4.79 Å². The Balaban J connectivity index is 1.75. The van der Waals surface area contributed by atoms with Crippen LogP contribution in [0.25, 0.3) is 10.8 Å². The zero-order chi connectivity index (χ0) is 22.3. The fourth-order valence-corrected chi connectivity index (χ4v) is 3.48. The Kier molecular flexibility index (Phi) is 7.29. The van der Waals surface area contributed by atoms with Crippen LogP contribution in [0, 0.1) is 0 Å². The number of ether oxygens (including phenoxy) is 2. The molecule has 3 aromatic carbocycles. The van der Waals surface area contributed by atoms with Crippen molar-refractivity contribution in [2.75, 3.05) is 13.7 Å². The molecule has 0 bridgehead atoms. The number of hydrogen-bond donors (Lipinski definition) is 1. The summed E-state index contributed by atoms with van der Waals surface area (Å²) >= 11 is 0. The first-order valence-electron chi connectivity index (χ1n) is 10.5. The van der Waals surface area contributed by atoms with Crippen LogP contribution < -0.4 is 10.1 Å². The van der Waals surface area contributed by atoms with Gasteiger partial charge in [-0.15, -0.1) is 0 Å². The van der Waals surface area contributed by atoms with Crippen LogP contribution in [0.4, 0.5) is 0 Å². The minimum Gasteiger partial charge on any atom is -0.492 e. The number of esters is 1. The summed E-state index contributed by atoms with van der Waals surface area (Å²) in [7, 11) is 1.30. The summed E-state index contributed by atoms with van der Waals surface area (Å²) in [5, 5.41) is 4.62. The lowest BCUT2D eigenvalue weighted by Crippen LogP contribution is -2.50. The Bertz CT molecular complexity index is 1040. The molecule has 0 atom stereocenters. The van der Waals surface area contributed by atoms with Crippen LogP contribution in [0.3, 0.4) is 0 Å². The first-order valence-corrected chi connectivity index (χ1v) is 10.5. The molecule has 5 nitrogen and oxygen atoms in total. The second-order valence-electron chi connectivity index (χ2n) is 8.03. The van der Waals surface area contributed by atoms with E-state index < -0.39 is 11.5 Å². The minimum atomic E-state index is -1.15. The Morgan fingerprint density at radius 1 is 0.903 bits per heavy atom. The van der Waals surface area contributed by atoms with Gasteiger partial charge in [-0.2, -0.15) is 0 Å². The summed E-state index contributed by atoms with van der Waals surface area (Å²) in [4.78, 5) is 25.0. The molecule has 1 N–H and O–H groups in total. The predicted molar refractivity (Wildman–Crippen MR) is 122 cm³/mol. The van der Waals surface area contributed by atoms with Gasteiger partial charge in [-0.25, -0.2) is 4.79 Å². The Morgan fingerprint density at radius 2 is 1.61 bits per heavy atom. The van der Waals surface area contributed by atoms with Crippen LogP contribution in [0.5, 0.6) is 5.75 Å². The fraction of sp³-hybridized carbons (Fsp3) is 0.308. The van der Waals surface area contributed by atoms with Gasteiger partial charge in [0.2, 0.25) is 0 Å².